The van der Waals surface area contributed by atoms with Crippen molar-refractivity contribution in [2.75, 3.05) is 51.8 Å². The van der Waals surface area contributed by atoms with Crippen molar-refractivity contribution in [3.63, 3.8) is 0 Å². The minimum absolute atomic E-state index is 0.208. The lowest BCUT2D eigenvalue weighted by atomic mass is 10.1. The Bertz CT molecular complexity index is 1480. The van der Waals surface area contributed by atoms with Crippen LogP contribution in [0.15, 0.2) is 51.9 Å². The van der Waals surface area contributed by atoms with Crippen molar-refractivity contribution in [1.82, 2.24) is 19.9 Å². The molecule has 0 amide bonds. The van der Waals surface area contributed by atoms with Crippen LogP contribution < -0.4 is 15.6 Å². The zero-order chi connectivity index (χ0) is 26.6. The first-order valence-electron chi connectivity index (χ1n) is 12.7. The number of benzene rings is 2. The quantitative estimate of drug-likeness (QED) is 0.236. The topological polar surface area (TPSA) is 116 Å². The fourth-order valence-electron chi connectivity index (χ4n) is 4.82. The Hall–Kier alpha value is -3.18. The second kappa shape index (κ2) is 11.7. The van der Waals surface area contributed by atoms with Gasteiger partial charge in [-0.15, -0.1) is 0 Å². The molecule has 4 aromatic rings. The molecule has 0 radical (unpaired) electrons. The number of ether oxygens (including phenoxy) is 2. The smallest absolute Gasteiger partial charge is 0.261 e. The molecule has 1 atom stereocenters. The molecule has 10 heteroatoms. The van der Waals surface area contributed by atoms with Crippen LogP contribution in [0.25, 0.3) is 22.4 Å². The molecular weight excluding hydrogens is 550 g/mol. The highest BCUT2D eigenvalue weighted by Gasteiger charge is 2.18. The molecule has 1 aliphatic heterocycles. The summed E-state index contributed by atoms with van der Waals surface area (Å²) in [5, 5.41) is 14.0. The van der Waals surface area contributed by atoms with Gasteiger partial charge in [-0.25, -0.2) is 4.98 Å². The van der Waals surface area contributed by atoms with Crippen LogP contribution in [-0.2, 0) is 11.2 Å². The molecule has 9 nitrogen and oxygen atoms in total. The number of aryl methyl sites for hydroxylation is 1. The van der Waals surface area contributed by atoms with Gasteiger partial charge in [-0.05, 0) is 70.2 Å². The van der Waals surface area contributed by atoms with Gasteiger partial charge in [0.2, 0.25) is 0 Å². The summed E-state index contributed by atoms with van der Waals surface area (Å²) in [5.41, 5.74) is 5.48. The van der Waals surface area contributed by atoms with Crippen molar-refractivity contribution in [1.29, 1.82) is 0 Å². The Morgan fingerprint density at radius 3 is 2.82 bits per heavy atom. The second-order valence-electron chi connectivity index (χ2n) is 9.48. The number of rotatable bonds is 9. The molecule has 3 heterocycles. The van der Waals surface area contributed by atoms with E-state index in [1.54, 1.807) is 25.4 Å². The van der Waals surface area contributed by atoms with Gasteiger partial charge >= 0.3 is 0 Å². The van der Waals surface area contributed by atoms with Crippen molar-refractivity contribution < 1.29 is 14.6 Å². The Labute approximate surface area is 229 Å². The summed E-state index contributed by atoms with van der Waals surface area (Å²) in [6, 6.07) is 11.5. The maximum absolute atomic E-state index is 12.9. The predicted molar refractivity (Wildman–Crippen MR) is 152 cm³/mol. The van der Waals surface area contributed by atoms with Crippen molar-refractivity contribution in [2.24, 2.45) is 0 Å². The summed E-state index contributed by atoms with van der Waals surface area (Å²) < 4.78 is 11.5. The number of aromatic nitrogens is 3. The first-order chi connectivity index (χ1) is 18.4. The molecule has 0 bridgehead atoms. The standard InChI is InChI=1S/C28H32BrN5O4/c1-17-13-18(6-8-34-9-11-38-12-10-34)14-22-26(17)33-27(32-22)25-21(5-7-30-28(25)36)31-16-23(35)19-3-4-24(37-2)20(29)15-19/h3-5,7,13-15,23,35H,6,8-12,16H2,1-2H3,(H,32,33)(H2,30,31,36)/t23-/m1/s1. The van der Waals surface area contributed by atoms with Gasteiger partial charge in [-0.3, -0.25) is 9.69 Å². The van der Waals surface area contributed by atoms with E-state index in [1.165, 1.54) is 5.56 Å². The van der Waals surface area contributed by atoms with Gasteiger partial charge in [-0.2, -0.15) is 0 Å². The second-order valence-corrected chi connectivity index (χ2v) is 10.3. The summed E-state index contributed by atoms with van der Waals surface area (Å²) in [7, 11) is 1.60. The number of H-pyrrole nitrogens is 2. The van der Waals surface area contributed by atoms with Crippen LogP contribution in [-0.4, -0.2) is 71.5 Å². The van der Waals surface area contributed by atoms with E-state index in [1.807, 2.05) is 19.1 Å². The molecule has 1 aliphatic rings. The van der Waals surface area contributed by atoms with E-state index < -0.39 is 6.10 Å². The third-order valence-corrected chi connectivity index (χ3v) is 7.52. The maximum Gasteiger partial charge on any atom is 0.261 e. The molecule has 2 aromatic carbocycles. The zero-order valence-corrected chi connectivity index (χ0v) is 23.1. The Morgan fingerprint density at radius 2 is 2.05 bits per heavy atom. The number of aliphatic hydroxyl groups is 1. The molecule has 0 saturated carbocycles. The average molecular weight is 582 g/mol. The number of nitrogens with zero attached hydrogens (tertiary/aromatic N) is 2. The van der Waals surface area contributed by atoms with Gasteiger partial charge in [0, 0.05) is 32.4 Å². The number of pyridine rings is 1. The highest BCUT2D eigenvalue weighted by atomic mass is 79.9. The first-order valence-corrected chi connectivity index (χ1v) is 13.5. The number of methoxy groups -OCH3 is 1. The van der Waals surface area contributed by atoms with E-state index in [2.05, 4.69) is 48.2 Å². The summed E-state index contributed by atoms with van der Waals surface area (Å²) in [6.45, 7) is 6.74. The molecule has 0 unspecified atom stereocenters. The molecule has 0 spiro atoms. The van der Waals surface area contributed by atoms with Crippen LogP contribution in [0.5, 0.6) is 5.75 Å². The normalized spacial score (nSPS) is 15.1. The highest BCUT2D eigenvalue weighted by Crippen LogP contribution is 2.30. The largest absolute Gasteiger partial charge is 0.496 e. The number of halogens is 1. The van der Waals surface area contributed by atoms with Crippen LogP contribution in [0.2, 0.25) is 0 Å². The monoisotopic (exact) mass is 581 g/mol. The molecular formula is C28H32BrN5O4. The maximum atomic E-state index is 12.9. The summed E-state index contributed by atoms with van der Waals surface area (Å²) in [6.07, 6.45) is 1.72. The van der Waals surface area contributed by atoms with E-state index in [0.29, 0.717) is 22.8 Å². The van der Waals surface area contributed by atoms with Gasteiger partial charge in [0.25, 0.3) is 5.56 Å². The van der Waals surface area contributed by atoms with Crippen LogP contribution in [0.3, 0.4) is 0 Å². The lowest BCUT2D eigenvalue weighted by molar-refractivity contribution is 0.0384. The van der Waals surface area contributed by atoms with E-state index in [-0.39, 0.29) is 12.1 Å². The first kappa shape index (κ1) is 26.4. The number of morpholine rings is 1. The highest BCUT2D eigenvalue weighted by molar-refractivity contribution is 9.10. The average Bonchev–Trinajstić information content (AvgIpc) is 3.35. The minimum Gasteiger partial charge on any atom is -0.496 e. The van der Waals surface area contributed by atoms with Crippen LogP contribution in [0.4, 0.5) is 5.69 Å². The fraction of sp³-hybridized carbons (Fsp3) is 0.357. The van der Waals surface area contributed by atoms with E-state index in [0.717, 1.165) is 65.9 Å². The lowest BCUT2D eigenvalue weighted by Crippen LogP contribution is -2.37. The minimum atomic E-state index is -0.795. The van der Waals surface area contributed by atoms with E-state index >= 15 is 0 Å². The van der Waals surface area contributed by atoms with Crippen LogP contribution in [0, 0.1) is 6.92 Å². The molecule has 1 saturated heterocycles. The molecule has 200 valence electrons. The van der Waals surface area contributed by atoms with Gasteiger partial charge in [0.1, 0.15) is 17.1 Å². The number of fused-ring (bicyclic) bond motifs is 1. The Kier molecular flexibility index (Phi) is 8.13. The molecule has 38 heavy (non-hydrogen) atoms. The number of nitrogens with one attached hydrogen (secondary N) is 3. The molecule has 0 aliphatic carbocycles. The van der Waals surface area contributed by atoms with Crippen LogP contribution in [0.1, 0.15) is 22.8 Å². The van der Waals surface area contributed by atoms with E-state index in [4.69, 9.17) is 14.5 Å². The van der Waals surface area contributed by atoms with Crippen molar-refractivity contribution >= 4 is 32.7 Å². The SMILES string of the molecule is COc1ccc([C@H](O)CNc2cc[nH]c(=O)c2-c2nc3c(C)cc(CCN4CCOCC4)cc3[nH]2)cc1Br. The molecule has 4 N–H and O–H groups in total. The number of hydrogen-bond acceptors (Lipinski definition) is 7. The third-order valence-electron chi connectivity index (χ3n) is 6.90. The van der Waals surface area contributed by atoms with Gasteiger partial charge in [-0.1, -0.05) is 12.1 Å². The van der Waals surface area contributed by atoms with Crippen molar-refractivity contribution in [3.05, 3.63) is 74.1 Å². The molecule has 1 fully saturated rings. The fourth-order valence-corrected chi connectivity index (χ4v) is 5.37. The van der Waals surface area contributed by atoms with Crippen molar-refractivity contribution in [3.8, 4) is 17.1 Å². The third kappa shape index (κ3) is 5.78. The number of imidazole rings is 1. The number of anilines is 1. The van der Waals surface area contributed by atoms with Gasteiger partial charge in [0.05, 0.1) is 47.6 Å². The van der Waals surface area contributed by atoms with E-state index in [9.17, 15) is 9.90 Å². The Balaban J connectivity index is 1.36. The van der Waals surface area contributed by atoms with Gasteiger partial charge in [0.15, 0.2) is 0 Å². The Morgan fingerprint density at radius 1 is 1.24 bits per heavy atom. The summed E-state index contributed by atoms with van der Waals surface area (Å²) >= 11 is 3.46. The number of aliphatic hydroxyl groups excluding tert-OH is 1. The number of hydrogen-bond donors (Lipinski definition) is 4. The molecule has 2 aromatic heterocycles. The van der Waals surface area contributed by atoms with Gasteiger partial charge < -0.3 is 29.9 Å². The number of aromatic amines is 2. The summed E-state index contributed by atoms with van der Waals surface area (Å²) in [5.74, 6) is 1.18. The van der Waals surface area contributed by atoms with Crippen LogP contribution >= 0.6 is 15.9 Å². The summed E-state index contributed by atoms with van der Waals surface area (Å²) in [4.78, 5) is 26.2. The predicted octanol–water partition coefficient (Wildman–Crippen LogP) is 4.02. The molecule has 5 rings (SSSR count). The zero-order valence-electron chi connectivity index (χ0n) is 21.5. The lowest BCUT2D eigenvalue weighted by Gasteiger charge is -2.26. The van der Waals surface area contributed by atoms with Crippen molar-refractivity contribution in [2.45, 2.75) is 19.4 Å².